The molecule has 0 unspecified atom stereocenters. The van der Waals surface area contributed by atoms with Gasteiger partial charge in [0.15, 0.2) is 0 Å². The van der Waals surface area contributed by atoms with E-state index in [0.29, 0.717) is 19.5 Å². The molecule has 1 rings (SSSR count). The highest BCUT2D eigenvalue weighted by atomic mass is 16.1. The van der Waals surface area contributed by atoms with Crippen molar-refractivity contribution in [2.24, 2.45) is 5.73 Å². The van der Waals surface area contributed by atoms with E-state index in [2.05, 4.69) is 30.4 Å². The molecule has 0 atom stereocenters. The van der Waals surface area contributed by atoms with Gasteiger partial charge in [-0.25, -0.2) is 0 Å². The van der Waals surface area contributed by atoms with Crippen molar-refractivity contribution in [2.45, 2.75) is 32.6 Å². The second-order valence-electron chi connectivity index (χ2n) is 4.33. The second kappa shape index (κ2) is 7.85. The van der Waals surface area contributed by atoms with E-state index in [1.807, 2.05) is 6.07 Å². The Hall–Kier alpha value is -1.35. The van der Waals surface area contributed by atoms with Crippen molar-refractivity contribution in [3.8, 4) is 0 Å². The van der Waals surface area contributed by atoms with E-state index in [1.165, 1.54) is 11.1 Å². The number of aryl methyl sites for hydroxylation is 1. The summed E-state index contributed by atoms with van der Waals surface area (Å²) in [6.45, 7) is 3.45. The van der Waals surface area contributed by atoms with Gasteiger partial charge in [-0.05, 0) is 38.3 Å². The van der Waals surface area contributed by atoms with Crippen molar-refractivity contribution >= 4 is 5.91 Å². The highest BCUT2D eigenvalue weighted by molar-refractivity contribution is 5.75. The highest BCUT2D eigenvalue weighted by Crippen LogP contribution is 2.04. The molecule has 0 aliphatic carbocycles. The summed E-state index contributed by atoms with van der Waals surface area (Å²) >= 11 is 0. The first-order valence-electron chi connectivity index (χ1n) is 6.24. The lowest BCUT2D eigenvalue weighted by atomic mass is 10.1. The summed E-state index contributed by atoms with van der Waals surface area (Å²) in [6.07, 6.45) is 3.29. The highest BCUT2D eigenvalue weighted by Gasteiger charge is 2.00. The molecular formula is C14H22N2O. The van der Waals surface area contributed by atoms with Crippen LogP contribution in [0, 0.1) is 6.92 Å². The molecule has 0 radical (unpaired) electrons. The van der Waals surface area contributed by atoms with Gasteiger partial charge in [0, 0.05) is 13.0 Å². The lowest BCUT2D eigenvalue weighted by molar-refractivity contribution is -0.121. The van der Waals surface area contributed by atoms with Gasteiger partial charge in [-0.2, -0.15) is 0 Å². The minimum atomic E-state index is 0.131. The molecule has 3 N–H and O–H groups in total. The zero-order valence-corrected chi connectivity index (χ0v) is 10.5. The molecule has 0 saturated heterocycles. The lowest BCUT2D eigenvalue weighted by Gasteiger charge is -2.05. The Morgan fingerprint density at radius 1 is 1.35 bits per heavy atom. The predicted molar refractivity (Wildman–Crippen MR) is 70.8 cm³/mol. The zero-order chi connectivity index (χ0) is 12.5. The summed E-state index contributed by atoms with van der Waals surface area (Å²) in [5.41, 5.74) is 7.90. The molecule has 1 aromatic rings. The van der Waals surface area contributed by atoms with E-state index < -0.39 is 0 Å². The number of rotatable bonds is 7. The minimum absolute atomic E-state index is 0.131. The molecule has 0 fully saturated rings. The van der Waals surface area contributed by atoms with Crippen molar-refractivity contribution in [3.63, 3.8) is 0 Å². The van der Waals surface area contributed by atoms with Crippen molar-refractivity contribution < 1.29 is 4.79 Å². The molecule has 0 aliphatic heterocycles. The first-order valence-corrected chi connectivity index (χ1v) is 6.24. The largest absolute Gasteiger partial charge is 0.356 e. The molecule has 3 heteroatoms. The van der Waals surface area contributed by atoms with E-state index in [-0.39, 0.29) is 5.91 Å². The van der Waals surface area contributed by atoms with Gasteiger partial charge >= 0.3 is 0 Å². The van der Waals surface area contributed by atoms with Gasteiger partial charge in [0.1, 0.15) is 0 Å². The van der Waals surface area contributed by atoms with E-state index in [0.717, 1.165) is 19.3 Å². The number of nitrogens with one attached hydrogen (secondary N) is 1. The van der Waals surface area contributed by atoms with Gasteiger partial charge in [-0.1, -0.05) is 29.8 Å². The Labute approximate surface area is 103 Å². The van der Waals surface area contributed by atoms with Gasteiger partial charge in [0.2, 0.25) is 5.91 Å². The molecule has 17 heavy (non-hydrogen) atoms. The van der Waals surface area contributed by atoms with Gasteiger partial charge < -0.3 is 11.1 Å². The van der Waals surface area contributed by atoms with Crippen molar-refractivity contribution in [1.82, 2.24) is 5.32 Å². The van der Waals surface area contributed by atoms with E-state index in [9.17, 15) is 4.79 Å². The van der Waals surface area contributed by atoms with Crippen LogP contribution < -0.4 is 11.1 Å². The molecule has 1 amide bonds. The third-order valence-electron chi connectivity index (χ3n) is 2.68. The molecule has 0 saturated carbocycles. The Balaban J connectivity index is 2.17. The average molecular weight is 234 g/mol. The molecule has 0 aromatic heterocycles. The van der Waals surface area contributed by atoms with Gasteiger partial charge in [-0.3, -0.25) is 4.79 Å². The Morgan fingerprint density at radius 3 is 2.88 bits per heavy atom. The van der Waals surface area contributed by atoms with Crippen LogP contribution in [0.4, 0.5) is 0 Å². The maximum Gasteiger partial charge on any atom is 0.220 e. The summed E-state index contributed by atoms with van der Waals surface area (Å²) in [4.78, 5) is 11.4. The molecule has 0 bridgehead atoms. The van der Waals surface area contributed by atoms with Gasteiger partial charge in [0.25, 0.3) is 0 Å². The van der Waals surface area contributed by atoms with Crippen LogP contribution in [-0.2, 0) is 11.2 Å². The van der Waals surface area contributed by atoms with Gasteiger partial charge in [-0.15, -0.1) is 0 Å². The number of hydrogen-bond acceptors (Lipinski definition) is 2. The molecule has 0 spiro atoms. The number of carbonyl (C=O) groups is 1. The second-order valence-corrected chi connectivity index (χ2v) is 4.33. The first kappa shape index (κ1) is 13.7. The summed E-state index contributed by atoms with van der Waals surface area (Å²) < 4.78 is 0. The Bertz CT molecular complexity index is 350. The normalized spacial score (nSPS) is 10.2. The third-order valence-corrected chi connectivity index (χ3v) is 2.68. The third kappa shape index (κ3) is 6.07. The first-order chi connectivity index (χ1) is 8.22. The summed E-state index contributed by atoms with van der Waals surface area (Å²) in [6, 6.07) is 8.37. The van der Waals surface area contributed by atoms with E-state index >= 15 is 0 Å². The van der Waals surface area contributed by atoms with Crippen LogP contribution in [0.1, 0.15) is 30.4 Å². The van der Waals surface area contributed by atoms with Crippen molar-refractivity contribution in [2.75, 3.05) is 13.1 Å². The monoisotopic (exact) mass is 234 g/mol. The standard InChI is InChI=1S/C14H22N2O/c1-12-5-4-6-13(11-12)8-10-16-14(17)7-2-3-9-15/h4-6,11H,2-3,7-10,15H2,1H3,(H,16,17). The smallest absolute Gasteiger partial charge is 0.220 e. The van der Waals surface area contributed by atoms with Crippen molar-refractivity contribution in [1.29, 1.82) is 0 Å². The van der Waals surface area contributed by atoms with Crippen LogP contribution >= 0.6 is 0 Å². The van der Waals surface area contributed by atoms with Crippen molar-refractivity contribution in [3.05, 3.63) is 35.4 Å². The van der Waals surface area contributed by atoms with E-state index in [1.54, 1.807) is 0 Å². The quantitative estimate of drug-likeness (QED) is 0.707. The molecule has 0 heterocycles. The van der Waals surface area contributed by atoms with Gasteiger partial charge in [0.05, 0.1) is 0 Å². The molecule has 94 valence electrons. The molecule has 1 aromatic carbocycles. The number of carbonyl (C=O) groups excluding carboxylic acids is 1. The van der Waals surface area contributed by atoms with Crippen LogP contribution in [0.15, 0.2) is 24.3 Å². The topological polar surface area (TPSA) is 55.1 Å². The fourth-order valence-electron chi connectivity index (χ4n) is 1.73. The maximum atomic E-state index is 11.4. The molecule has 0 aliphatic rings. The SMILES string of the molecule is Cc1cccc(CCNC(=O)CCCCN)c1. The lowest BCUT2D eigenvalue weighted by Crippen LogP contribution is -2.25. The summed E-state index contributed by atoms with van der Waals surface area (Å²) in [7, 11) is 0. The Morgan fingerprint density at radius 2 is 2.18 bits per heavy atom. The minimum Gasteiger partial charge on any atom is -0.356 e. The predicted octanol–water partition coefficient (Wildman–Crippen LogP) is 1.78. The van der Waals surface area contributed by atoms with Crippen LogP contribution in [0.25, 0.3) is 0 Å². The number of hydrogen-bond donors (Lipinski definition) is 2. The summed E-state index contributed by atoms with van der Waals surface area (Å²) in [5.74, 6) is 0.131. The molecular weight excluding hydrogens is 212 g/mol. The number of unbranched alkanes of at least 4 members (excludes halogenated alkanes) is 1. The fraction of sp³-hybridized carbons (Fsp3) is 0.500. The van der Waals surface area contributed by atoms with E-state index in [4.69, 9.17) is 5.73 Å². The zero-order valence-electron chi connectivity index (χ0n) is 10.5. The number of amides is 1. The summed E-state index contributed by atoms with van der Waals surface area (Å²) in [5, 5.41) is 2.93. The van der Waals surface area contributed by atoms with Crippen LogP contribution in [-0.4, -0.2) is 19.0 Å². The maximum absolute atomic E-state index is 11.4. The number of benzene rings is 1. The Kier molecular flexibility index (Phi) is 6.33. The van der Waals surface area contributed by atoms with Crippen LogP contribution in [0.5, 0.6) is 0 Å². The van der Waals surface area contributed by atoms with Crippen LogP contribution in [0.2, 0.25) is 0 Å². The van der Waals surface area contributed by atoms with Crippen LogP contribution in [0.3, 0.4) is 0 Å². The average Bonchev–Trinajstić information content (AvgIpc) is 2.29. The molecule has 3 nitrogen and oxygen atoms in total. The fourth-order valence-corrected chi connectivity index (χ4v) is 1.73. The number of nitrogens with two attached hydrogens (primary N) is 1.